The minimum Gasteiger partial charge on any atom is -0.480 e. The van der Waals surface area contributed by atoms with E-state index >= 15 is 0 Å². The molecule has 2 N–H and O–H groups in total. The Kier molecular flexibility index (Phi) is 4.91. The van der Waals surface area contributed by atoms with E-state index < -0.39 is 12.0 Å². The first kappa shape index (κ1) is 15.4. The fourth-order valence-electron chi connectivity index (χ4n) is 2.54. The molecule has 0 aliphatic carbocycles. The lowest BCUT2D eigenvalue weighted by atomic mass is 10.0. The van der Waals surface area contributed by atoms with Crippen LogP contribution in [0.3, 0.4) is 0 Å². The van der Waals surface area contributed by atoms with Gasteiger partial charge in [-0.2, -0.15) is 0 Å². The van der Waals surface area contributed by atoms with Gasteiger partial charge in [0.2, 0.25) is 0 Å². The smallest absolute Gasteiger partial charge is 0.320 e. The van der Waals surface area contributed by atoms with Gasteiger partial charge in [-0.25, -0.2) is 0 Å². The fraction of sp³-hybridized carbons (Fsp3) is 0.412. The van der Waals surface area contributed by atoms with Gasteiger partial charge in [-0.05, 0) is 42.5 Å². The number of carbonyl (C=O) groups is 1. The molecular weight excluding hydrogens is 264 g/mol. The number of hydrogen-bond acceptors (Lipinski definition) is 3. The Hall–Kier alpha value is -1.94. The minimum absolute atomic E-state index is 0.348. The fourth-order valence-corrected chi connectivity index (χ4v) is 2.54. The third-order valence-electron chi connectivity index (χ3n) is 3.51. The molecule has 0 saturated heterocycles. The molecule has 1 aromatic heterocycles. The number of nitrogens with zero attached hydrogens (tertiary/aromatic N) is 1. The van der Waals surface area contributed by atoms with E-state index in [1.54, 1.807) is 6.20 Å². The molecule has 21 heavy (non-hydrogen) atoms. The third-order valence-corrected chi connectivity index (χ3v) is 3.51. The molecular formula is C17H22N2O2. The van der Waals surface area contributed by atoms with Crippen LogP contribution in [0.25, 0.3) is 10.9 Å². The van der Waals surface area contributed by atoms with Crippen LogP contribution in [0.5, 0.6) is 0 Å². The van der Waals surface area contributed by atoms with Crippen LogP contribution in [-0.2, 0) is 11.3 Å². The zero-order valence-electron chi connectivity index (χ0n) is 12.8. The Morgan fingerprint density at radius 1 is 1.38 bits per heavy atom. The molecule has 0 unspecified atom stereocenters. The van der Waals surface area contributed by atoms with E-state index in [-0.39, 0.29) is 0 Å². The number of aromatic nitrogens is 1. The lowest BCUT2D eigenvalue weighted by molar-refractivity contribution is -0.140. The molecule has 0 fully saturated rings. The van der Waals surface area contributed by atoms with Crippen LogP contribution in [0.15, 0.2) is 30.5 Å². The number of aryl methyl sites for hydroxylation is 1. The molecule has 2 rings (SSSR count). The van der Waals surface area contributed by atoms with Crippen molar-refractivity contribution >= 4 is 16.9 Å². The zero-order chi connectivity index (χ0) is 15.4. The maximum atomic E-state index is 11.3. The predicted molar refractivity (Wildman–Crippen MR) is 84.2 cm³/mol. The Labute approximate surface area is 125 Å². The molecule has 4 heteroatoms. The van der Waals surface area contributed by atoms with E-state index in [2.05, 4.69) is 22.4 Å². The second kappa shape index (κ2) is 6.68. The van der Waals surface area contributed by atoms with Gasteiger partial charge >= 0.3 is 5.97 Å². The van der Waals surface area contributed by atoms with Gasteiger partial charge < -0.3 is 10.4 Å². The third kappa shape index (κ3) is 4.02. The molecule has 0 aliphatic heterocycles. The lowest BCUT2D eigenvalue weighted by Gasteiger charge is -2.17. The number of aliphatic carboxylic acids is 1. The maximum Gasteiger partial charge on any atom is 0.320 e. The van der Waals surface area contributed by atoms with Crippen LogP contribution in [0.4, 0.5) is 0 Å². The van der Waals surface area contributed by atoms with Crippen molar-refractivity contribution in [3.05, 3.63) is 41.6 Å². The van der Waals surface area contributed by atoms with Gasteiger partial charge in [-0.3, -0.25) is 9.78 Å². The quantitative estimate of drug-likeness (QED) is 0.856. The molecule has 0 radical (unpaired) electrons. The molecule has 1 atom stereocenters. The van der Waals surface area contributed by atoms with Crippen LogP contribution >= 0.6 is 0 Å². The summed E-state index contributed by atoms with van der Waals surface area (Å²) in [5.74, 6) is -0.441. The highest BCUT2D eigenvalue weighted by molar-refractivity contribution is 5.82. The van der Waals surface area contributed by atoms with Gasteiger partial charge in [0, 0.05) is 18.1 Å². The monoisotopic (exact) mass is 286 g/mol. The van der Waals surface area contributed by atoms with Crippen molar-refractivity contribution < 1.29 is 9.90 Å². The number of carboxylic acid groups (broad SMARTS) is 1. The first-order chi connectivity index (χ1) is 9.97. The van der Waals surface area contributed by atoms with Crippen molar-refractivity contribution in [1.29, 1.82) is 0 Å². The van der Waals surface area contributed by atoms with Gasteiger partial charge in [0.15, 0.2) is 0 Å². The van der Waals surface area contributed by atoms with Gasteiger partial charge in [0.05, 0.1) is 5.52 Å². The first-order valence-corrected chi connectivity index (χ1v) is 7.28. The second-order valence-corrected chi connectivity index (χ2v) is 5.89. The summed E-state index contributed by atoms with van der Waals surface area (Å²) in [6, 6.07) is 7.57. The summed E-state index contributed by atoms with van der Waals surface area (Å²) in [5, 5.41) is 13.5. The molecule has 1 heterocycles. The van der Waals surface area contributed by atoms with Crippen LogP contribution in [0.2, 0.25) is 0 Å². The standard InChI is InChI=1S/C17H22N2O2/c1-11(2)7-15(17(20)21)19-10-13-8-12(3)16-14(9-13)5-4-6-18-16/h4-6,8-9,11,15,19H,7,10H2,1-3H3,(H,20,21)/t15-/m0/s1. The van der Waals surface area contributed by atoms with E-state index in [0.717, 1.165) is 22.0 Å². The van der Waals surface area contributed by atoms with E-state index in [1.807, 2.05) is 32.9 Å². The maximum absolute atomic E-state index is 11.3. The number of fused-ring (bicyclic) bond motifs is 1. The molecule has 0 aliphatic rings. The number of benzene rings is 1. The Morgan fingerprint density at radius 2 is 2.14 bits per heavy atom. The molecule has 1 aromatic carbocycles. The van der Waals surface area contributed by atoms with Crippen LogP contribution in [0, 0.1) is 12.8 Å². The Morgan fingerprint density at radius 3 is 2.81 bits per heavy atom. The topological polar surface area (TPSA) is 62.2 Å². The van der Waals surface area contributed by atoms with Gasteiger partial charge in [0.25, 0.3) is 0 Å². The normalized spacial score (nSPS) is 12.8. The van der Waals surface area contributed by atoms with Crippen molar-refractivity contribution in [2.24, 2.45) is 5.92 Å². The van der Waals surface area contributed by atoms with Crippen molar-refractivity contribution in [3.63, 3.8) is 0 Å². The second-order valence-electron chi connectivity index (χ2n) is 5.89. The Bertz CT molecular complexity index is 638. The van der Waals surface area contributed by atoms with Gasteiger partial charge in [-0.1, -0.05) is 26.0 Å². The van der Waals surface area contributed by atoms with Gasteiger partial charge in [-0.15, -0.1) is 0 Å². The summed E-state index contributed by atoms with van der Waals surface area (Å²) in [6.45, 7) is 6.64. The van der Waals surface area contributed by atoms with Crippen LogP contribution < -0.4 is 5.32 Å². The molecule has 4 nitrogen and oxygen atoms in total. The number of hydrogen-bond donors (Lipinski definition) is 2. The molecule has 2 aromatic rings. The van der Waals surface area contributed by atoms with Crippen LogP contribution in [0.1, 0.15) is 31.4 Å². The number of nitrogens with one attached hydrogen (secondary N) is 1. The lowest BCUT2D eigenvalue weighted by Crippen LogP contribution is -2.37. The average molecular weight is 286 g/mol. The van der Waals surface area contributed by atoms with E-state index in [1.165, 1.54) is 0 Å². The Balaban J connectivity index is 2.14. The van der Waals surface area contributed by atoms with Gasteiger partial charge in [0.1, 0.15) is 6.04 Å². The van der Waals surface area contributed by atoms with E-state index in [9.17, 15) is 9.90 Å². The van der Waals surface area contributed by atoms with Crippen molar-refractivity contribution in [2.75, 3.05) is 0 Å². The minimum atomic E-state index is -0.789. The van der Waals surface area contributed by atoms with Crippen LogP contribution in [-0.4, -0.2) is 22.1 Å². The van der Waals surface area contributed by atoms with Crippen molar-refractivity contribution in [3.8, 4) is 0 Å². The molecule has 0 bridgehead atoms. The average Bonchev–Trinajstić information content (AvgIpc) is 2.43. The van der Waals surface area contributed by atoms with Crippen molar-refractivity contribution in [2.45, 2.75) is 39.8 Å². The summed E-state index contributed by atoms with van der Waals surface area (Å²) >= 11 is 0. The van der Waals surface area contributed by atoms with E-state index in [0.29, 0.717) is 18.9 Å². The first-order valence-electron chi connectivity index (χ1n) is 7.28. The molecule has 0 spiro atoms. The molecule has 0 amide bonds. The summed E-state index contributed by atoms with van der Waals surface area (Å²) in [4.78, 5) is 15.6. The van der Waals surface area contributed by atoms with Crippen molar-refractivity contribution in [1.82, 2.24) is 10.3 Å². The predicted octanol–water partition coefficient (Wildman–Crippen LogP) is 3.13. The number of pyridine rings is 1. The summed E-state index contributed by atoms with van der Waals surface area (Å²) in [7, 11) is 0. The summed E-state index contributed by atoms with van der Waals surface area (Å²) < 4.78 is 0. The highest BCUT2D eigenvalue weighted by Crippen LogP contribution is 2.18. The van der Waals surface area contributed by atoms with E-state index in [4.69, 9.17) is 0 Å². The largest absolute Gasteiger partial charge is 0.480 e. The number of carboxylic acids is 1. The summed E-state index contributed by atoms with van der Waals surface area (Å²) in [6.07, 6.45) is 2.42. The summed E-state index contributed by atoms with van der Waals surface area (Å²) in [5.41, 5.74) is 3.20. The molecule has 112 valence electrons. The highest BCUT2D eigenvalue weighted by Gasteiger charge is 2.18. The zero-order valence-corrected chi connectivity index (χ0v) is 12.8. The molecule has 0 saturated carbocycles. The number of rotatable bonds is 6. The highest BCUT2D eigenvalue weighted by atomic mass is 16.4. The SMILES string of the molecule is Cc1cc(CN[C@@H](CC(C)C)C(=O)O)cc2cccnc12.